The number of carbonyl (C=O) groups is 1. The molecule has 2 amide bonds. The Morgan fingerprint density at radius 3 is 2.86 bits per heavy atom. The maximum Gasteiger partial charge on any atom is 0.323 e. The number of amides is 2. The second-order valence-corrected chi connectivity index (χ2v) is 4.24. The highest BCUT2D eigenvalue weighted by Crippen LogP contribution is 2.31. The molecule has 0 radical (unpaired) electrons. The normalized spacial score (nSPS) is 26.9. The van der Waals surface area contributed by atoms with Gasteiger partial charge in [0.1, 0.15) is 5.84 Å². The lowest BCUT2D eigenvalue weighted by molar-refractivity contribution is 0.200. The van der Waals surface area contributed by atoms with Gasteiger partial charge in [0.05, 0.1) is 6.04 Å². The lowest BCUT2D eigenvalue weighted by Gasteiger charge is -2.21. The van der Waals surface area contributed by atoms with Crippen LogP contribution in [0.3, 0.4) is 0 Å². The fourth-order valence-corrected chi connectivity index (χ4v) is 1.93. The molecule has 2 aliphatic rings. The lowest BCUT2D eigenvalue weighted by atomic mass is 10.1. The first-order valence-electron chi connectivity index (χ1n) is 5.38. The van der Waals surface area contributed by atoms with Crippen LogP contribution in [-0.4, -0.2) is 29.4 Å². The summed E-state index contributed by atoms with van der Waals surface area (Å²) in [6.45, 7) is 2.93. The second kappa shape index (κ2) is 3.59. The number of nitrogens with zero attached hydrogens (tertiary/aromatic N) is 1. The largest absolute Gasteiger partial charge is 0.323 e. The molecule has 4 heteroatoms. The maximum absolute atomic E-state index is 11.5. The molecule has 2 N–H and O–H groups in total. The summed E-state index contributed by atoms with van der Waals surface area (Å²) >= 11 is 0. The van der Waals surface area contributed by atoms with Gasteiger partial charge in [-0.2, -0.15) is 0 Å². The molecule has 78 valence electrons. The van der Waals surface area contributed by atoms with E-state index in [9.17, 15) is 4.79 Å². The molecule has 2 rings (SSSR count). The third-order valence-electron chi connectivity index (χ3n) is 2.93. The van der Waals surface area contributed by atoms with E-state index in [1.807, 2.05) is 4.90 Å². The van der Waals surface area contributed by atoms with Crippen LogP contribution in [0.1, 0.15) is 32.6 Å². The van der Waals surface area contributed by atoms with Crippen molar-refractivity contribution in [2.24, 2.45) is 5.92 Å². The molecule has 0 bridgehead atoms. The second-order valence-electron chi connectivity index (χ2n) is 4.24. The van der Waals surface area contributed by atoms with E-state index in [2.05, 4.69) is 12.2 Å². The molecule has 1 heterocycles. The van der Waals surface area contributed by atoms with Crippen LogP contribution in [0.4, 0.5) is 4.79 Å². The molecule has 2 fully saturated rings. The SMILES string of the molecule is CCCC1C(=N)NC(=O)N1CC1CC1. The van der Waals surface area contributed by atoms with Crippen LogP contribution in [0.15, 0.2) is 0 Å². The Morgan fingerprint density at radius 1 is 1.57 bits per heavy atom. The van der Waals surface area contributed by atoms with Crippen LogP contribution >= 0.6 is 0 Å². The van der Waals surface area contributed by atoms with Crippen LogP contribution in [0.2, 0.25) is 0 Å². The van der Waals surface area contributed by atoms with Crippen LogP contribution in [-0.2, 0) is 0 Å². The zero-order valence-corrected chi connectivity index (χ0v) is 8.55. The third-order valence-corrected chi connectivity index (χ3v) is 2.93. The zero-order chi connectivity index (χ0) is 10.1. The van der Waals surface area contributed by atoms with Crippen molar-refractivity contribution in [3.8, 4) is 0 Å². The topological polar surface area (TPSA) is 56.2 Å². The van der Waals surface area contributed by atoms with E-state index >= 15 is 0 Å². The van der Waals surface area contributed by atoms with Gasteiger partial charge in [-0.25, -0.2) is 4.79 Å². The number of amidine groups is 1. The van der Waals surface area contributed by atoms with Crippen LogP contribution < -0.4 is 5.32 Å². The first-order chi connectivity index (χ1) is 6.72. The van der Waals surface area contributed by atoms with E-state index in [0.717, 1.165) is 19.4 Å². The molecule has 1 aliphatic heterocycles. The van der Waals surface area contributed by atoms with Gasteiger partial charge < -0.3 is 4.90 Å². The first kappa shape index (κ1) is 9.49. The number of rotatable bonds is 4. The molecule has 0 aromatic carbocycles. The van der Waals surface area contributed by atoms with Crippen molar-refractivity contribution in [3.05, 3.63) is 0 Å². The van der Waals surface area contributed by atoms with Crippen molar-refractivity contribution in [1.82, 2.24) is 10.2 Å². The van der Waals surface area contributed by atoms with Gasteiger partial charge in [0.15, 0.2) is 0 Å². The predicted molar refractivity (Wildman–Crippen MR) is 54.4 cm³/mol. The van der Waals surface area contributed by atoms with Gasteiger partial charge in [-0.15, -0.1) is 0 Å². The third kappa shape index (κ3) is 1.74. The Kier molecular flexibility index (Phi) is 2.44. The Bertz CT molecular complexity index is 260. The van der Waals surface area contributed by atoms with Gasteiger partial charge >= 0.3 is 6.03 Å². The molecule has 0 aromatic rings. The average Bonchev–Trinajstić information content (AvgIpc) is 2.89. The van der Waals surface area contributed by atoms with Crippen molar-refractivity contribution < 1.29 is 4.79 Å². The highest BCUT2D eigenvalue weighted by Gasteiger charge is 2.38. The average molecular weight is 195 g/mol. The monoisotopic (exact) mass is 195 g/mol. The molecule has 1 unspecified atom stereocenters. The summed E-state index contributed by atoms with van der Waals surface area (Å²) in [6, 6.07) is -0.0477. The molecule has 1 saturated carbocycles. The number of hydrogen-bond donors (Lipinski definition) is 2. The Balaban J connectivity index is 2.01. The van der Waals surface area contributed by atoms with E-state index in [4.69, 9.17) is 5.41 Å². The Labute approximate surface area is 84.2 Å². The standard InChI is InChI=1S/C10H17N3O/c1-2-3-8-9(11)12-10(14)13(8)6-7-4-5-7/h7-8H,2-6H2,1H3,(H2,11,12,14). The van der Waals surface area contributed by atoms with Crippen molar-refractivity contribution >= 4 is 11.9 Å². The number of hydrogen-bond acceptors (Lipinski definition) is 2. The van der Waals surface area contributed by atoms with Gasteiger partial charge in [0.25, 0.3) is 0 Å². The van der Waals surface area contributed by atoms with Gasteiger partial charge in [0, 0.05) is 6.54 Å². The lowest BCUT2D eigenvalue weighted by Crippen LogP contribution is -2.36. The molecule has 1 saturated heterocycles. The molecule has 4 nitrogen and oxygen atoms in total. The molecule has 14 heavy (non-hydrogen) atoms. The fourth-order valence-electron chi connectivity index (χ4n) is 1.93. The van der Waals surface area contributed by atoms with Crippen LogP contribution in [0, 0.1) is 11.3 Å². The fraction of sp³-hybridized carbons (Fsp3) is 0.800. The van der Waals surface area contributed by atoms with Crippen molar-refractivity contribution in [2.45, 2.75) is 38.6 Å². The molecular formula is C10H17N3O. The smallest absolute Gasteiger partial charge is 0.314 e. The Hall–Kier alpha value is -1.06. The summed E-state index contributed by atoms with van der Waals surface area (Å²) in [6.07, 6.45) is 4.42. The van der Waals surface area contributed by atoms with Crippen molar-refractivity contribution in [2.75, 3.05) is 6.54 Å². The molecule has 1 atom stereocenters. The molecule has 1 aliphatic carbocycles. The number of carbonyl (C=O) groups excluding carboxylic acids is 1. The summed E-state index contributed by atoms with van der Waals surface area (Å²) in [5, 5.41) is 10.3. The molecular weight excluding hydrogens is 178 g/mol. The van der Waals surface area contributed by atoms with Gasteiger partial charge in [0.2, 0.25) is 0 Å². The molecule has 0 aromatic heterocycles. The van der Waals surface area contributed by atoms with Crippen molar-refractivity contribution in [3.63, 3.8) is 0 Å². The van der Waals surface area contributed by atoms with E-state index < -0.39 is 0 Å². The summed E-state index contributed by atoms with van der Waals surface area (Å²) in [5.41, 5.74) is 0. The van der Waals surface area contributed by atoms with Crippen molar-refractivity contribution in [1.29, 1.82) is 5.41 Å². The summed E-state index contributed by atoms with van der Waals surface area (Å²) < 4.78 is 0. The molecule has 0 spiro atoms. The minimum atomic E-state index is -0.0691. The quantitative estimate of drug-likeness (QED) is 0.702. The predicted octanol–water partition coefficient (Wildman–Crippen LogP) is 1.57. The highest BCUT2D eigenvalue weighted by molar-refractivity contribution is 6.05. The van der Waals surface area contributed by atoms with Gasteiger partial charge in [-0.3, -0.25) is 10.7 Å². The van der Waals surface area contributed by atoms with E-state index in [1.165, 1.54) is 12.8 Å². The minimum Gasteiger partial charge on any atom is -0.314 e. The zero-order valence-electron chi connectivity index (χ0n) is 8.55. The van der Waals surface area contributed by atoms with Crippen LogP contribution in [0.5, 0.6) is 0 Å². The van der Waals surface area contributed by atoms with Crippen LogP contribution in [0.25, 0.3) is 0 Å². The van der Waals surface area contributed by atoms with E-state index in [-0.39, 0.29) is 12.1 Å². The number of urea groups is 1. The van der Waals surface area contributed by atoms with Gasteiger partial charge in [-0.05, 0) is 25.2 Å². The summed E-state index contributed by atoms with van der Waals surface area (Å²) in [4.78, 5) is 13.3. The minimum absolute atomic E-state index is 0.0214. The highest BCUT2D eigenvalue weighted by atomic mass is 16.2. The van der Waals surface area contributed by atoms with Gasteiger partial charge in [-0.1, -0.05) is 13.3 Å². The van der Waals surface area contributed by atoms with E-state index in [0.29, 0.717) is 11.8 Å². The maximum atomic E-state index is 11.5. The Morgan fingerprint density at radius 2 is 2.29 bits per heavy atom. The number of nitrogens with one attached hydrogen (secondary N) is 2. The summed E-state index contributed by atoms with van der Waals surface area (Å²) in [7, 11) is 0. The van der Waals surface area contributed by atoms with E-state index in [1.54, 1.807) is 0 Å². The first-order valence-corrected chi connectivity index (χ1v) is 5.38. The summed E-state index contributed by atoms with van der Waals surface area (Å²) in [5.74, 6) is 1.09.